The van der Waals surface area contributed by atoms with Crippen LogP contribution in [0.1, 0.15) is 30.5 Å². The number of carbonyl (C=O) groups is 2. The highest BCUT2D eigenvalue weighted by Crippen LogP contribution is 2.40. The van der Waals surface area contributed by atoms with Gasteiger partial charge in [0, 0.05) is 11.1 Å². The lowest BCUT2D eigenvalue weighted by Crippen LogP contribution is -2.43. The number of urea groups is 1. The summed E-state index contributed by atoms with van der Waals surface area (Å²) in [6, 6.07) is 8.59. The molecule has 3 amide bonds. The molecule has 0 saturated carbocycles. The summed E-state index contributed by atoms with van der Waals surface area (Å²) in [5, 5.41) is 12.0. The topological polar surface area (TPSA) is 76.4 Å². The summed E-state index contributed by atoms with van der Waals surface area (Å²) in [5.74, 6) is -2.55. The average Bonchev–Trinajstić information content (AvgIpc) is 3.00. The lowest BCUT2D eigenvalue weighted by atomic mass is 10.0. The van der Waals surface area contributed by atoms with Gasteiger partial charge < -0.3 is 10.2 Å². The molecule has 1 fully saturated rings. The summed E-state index contributed by atoms with van der Waals surface area (Å²) in [6.07, 6.45) is -4.91. The van der Waals surface area contributed by atoms with Crippen LogP contribution in [-0.2, 0) is 17.5 Å². The van der Waals surface area contributed by atoms with Gasteiger partial charge in [-0.15, -0.1) is 0 Å². The van der Waals surface area contributed by atoms with E-state index >= 15 is 0 Å². The van der Waals surface area contributed by atoms with Crippen LogP contribution in [0.2, 0.25) is 10.0 Å². The molecule has 13 heteroatoms. The predicted octanol–water partition coefficient (Wildman–Crippen LogP) is 7.65. The smallest absolute Gasteiger partial charge is 0.352 e. The molecule has 202 valence electrons. The second-order valence-corrected chi connectivity index (χ2v) is 9.92. The molecular formula is C26H17Cl2F5N4O2. The number of hydrogen-bond donors (Lipinski definition) is 1. The Kier molecular flexibility index (Phi) is 7.23. The van der Waals surface area contributed by atoms with Gasteiger partial charge in [-0.2, -0.15) is 18.4 Å². The normalized spacial score (nSPS) is 15.1. The Hall–Kier alpha value is -3.88. The van der Waals surface area contributed by atoms with Gasteiger partial charge in [0.25, 0.3) is 5.91 Å². The molecular weight excluding hydrogens is 566 g/mol. The molecule has 1 aliphatic rings. The molecule has 1 aliphatic heterocycles. The highest BCUT2D eigenvalue weighted by Gasteiger charge is 2.52. The number of hydrogen-bond acceptors (Lipinski definition) is 4. The van der Waals surface area contributed by atoms with Gasteiger partial charge in [0.05, 0.1) is 45.8 Å². The van der Waals surface area contributed by atoms with E-state index in [-0.39, 0.29) is 39.2 Å². The molecule has 0 atom stereocenters. The Morgan fingerprint density at radius 3 is 2.33 bits per heavy atom. The van der Waals surface area contributed by atoms with Gasteiger partial charge in [0.1, 0.15) is 17.2 Å². The van der Waals surface area contributed by atoms with Crippen LogP contribution in [0.3, 0.4) is 0 Å². The number of alkyl halides is 3. The van der Waals surface area contributed by atoms with E-state index in [4.69, 9.17) is 28.5 Å². The minimum atomic E-state index is -4.91. The molecule has 0 spiro atoms. The SMILES string of the molecule is CC1(C)C(=O)N(c2ccc(C#N)c(C(F)(F)F)c2)C(=O)N1Cc1cc(Cl)cc(Cl)c1Nc1ccc(F)cc1F. The molecule has 1 saturated heterocycles. The van der Waals surface area contributed by atoms with Crippen LogP contribution in [0.5, 0.6) is 0 Å². The highest BCUT2D eigenvalue weighted by molar-refractivity contribution is 6.36. The van der Waals surface area contributed by atoms with Crippen molar-refractivity contribution < 1.29 is 31.5 Å². The third-order valence-electron chi connectivity index (χ3n) is 6.17. The predicted molar refractivity (Wildman–Crippen MR) is 135 cm³/mol. The van der Waals surface area contributed by atoms with E-state index in [0.717, 1.165) is 29.2 Å². The van der Waals surface area contributed by atoms with Crippen LogP contribution < -0.4 is 10.2 Å². The first-order chi connectivity index (χ1) is 18.1. The van der Waals surface area contributed by atoms with Gasteiger partial charge in [-0.3, -0.25) is 4.79 Å². The van der Waals surface area contributed by atoms with Crippen molar-refractivity contribution >= 4 is 52.2 Å². The first-order valence-electron chi connectivity index (χ1n) is 11.1. The zero-order valence-corrected chi connectivity index (χ0v) is 21.6. The Morgan fingerprint density at radius 2 is 1.72 bits per heavy atom. The first-order valence-corrected chi connectivity index (χ1v) is 11.9. The van der Waals surface area contributed by atoms with Crippen molar-refractivity contribution in [1.82, 2.24) is 4.90 Å². The fraction of sp³-hybridized carbons (Fsp3) is 0.192. The van der Waals surface area contributed by atoms with Crippen molar-refractivity contribution in [1.29, 1.82) is 5.26 Å². The number of nitrogens with zero attached hydrogens (tertiary/aromatic N) is 3. The van der Waals surface area contributed by atoms with E-state index in [1.807, 2.05) is 0 Å². The summed E-state index contributed by atoms with van der Waals surface area (Å²) >= 11 is 12.5. The minimum absolute atomic E-state index is 0.0239. The number of imide groups is 1. The number of nitrogens with one attached hydrogen (secondary N) is 1. The Balaban J connectivity index is 1.75. The second-order valence-electron chi connectivity index (χ2n) is 9.08. The van der Waals surface area contributed by atoms with Gasteiger partial charge in [0.15, 0.2) is 0 Å². The third kappa shape index (κ3) is 5.22. The molecule has 0 bridgehead atoms. The van der Waals surface area contributed by atoms with Gasteiger partial charge in [-0.1, -0.05) is 23.2 Å². The molecule has 1 heterocycles. The summed E-state index contributed by atoms with van der Waals surface area (Å²) in [4.78, 5) is 28.5. The number of anilines is 3. The number of nitriles is 1. The fourth-order valence-electron chi connectivity index (χ4n) is 4.12. The van der Waals surface area contributed by atoms with Crippen molar-refractivity contribution in [3.8, 4) is 6.07 Å². The van der Waals surface area contributed by atoms with E-state index in [1.54, 1.807) is 0 Å². The van der Waals surface area contributed by atoms with Crippen molar-refractivity contribution in [3.05, 3.63) is 86.9 Å². The van der Waals surface area contributed by atoms with E-state index in [9.17, 15) is 31.5 Å². The van der Waals surface area contributed by atoms with Crippen LogP contribution in [0.15, 0.2) is 48.5 Å². The number of amides is 3. The maximum absolute atomic E-state index is 14.3. The first kappa shape index (κ1) is 28.1. The van der Waals surface area contributed by atoms with Gasteiger partial charge in [-0.05, 0) is 61.9 Å². The quantitative estimate of drug-likeness (QED) is 0.247. The summed E-state index contributed by atoms with van der Waals surface area (Å²) in [6.45, 7) is 2.49. The van der Waals surface area contributed by atoms with E-state index < -0.39 is 46.4 Å². The summed E-state index contributed by atoms with van der Waals surface area (Å²) < 4.78 is 68.3. The molecule has 0 aliphatic carbocycles. The van der Waals surface area contributed by atoms with E-state index in [0.29, 0.717) is 17.0 Å². The fourth-order valence-corrected chi connectivity index (χ4v) is 4.70. The molecule has 0 aromatic heterocycles. The van der Waals surface area contributed by atoms with Gasteiger partial charge in [0.2, 0.25) is 0 Å². The minimum Gasteiger partial charge on any atom is -0.352 e. The molecule has 3 aromatic rings. The lowest BCUT2D eigenvalue weighted by molar-refractivity contribution is -0.137. The van der Waals surface area contributed by atoms with Gasteiger partial charge >= 0.3 is 12.2 Å². The Morgan fingerprint density at radius 1 is 1.03 bits per heavy atom. The zero-order chi connectivity index (χ0) is 28.9. The van der Waals surface area contributed by atoms with E-state index in [1.165, 1.54) is 32.0 Å². The molecule has 39 heavy (non-hydrogen) atoms. The Bertz CT molecular complexity index is 1550. The largest absolute Gasteiger partial charge is 0.417 e. The van der Waals surface area contributed by atoms with Crippen LogP contribution in [-0.4, -0.2) is 22.4 Å². The molecule has 3 aromatic carbocycles. The molecule has 0 unspecified atom stereocenters. The lowest BCUT2D eigenvalue weighted by Gasteiger charge is -2.29. The maximum Gasteiger partial charge on any atom is 0.417 e. The van der Waals surface area contributed by atoms with Crippen LogP contribution in [0.25, 0.3) is 0 Å². The zero-order valence-electron chi connectivity index (χ0n) is 20.1. The molecule has 0 radical (unpaired) electrons. The van der Waals surface area contributed by atoms with Crippen LogP contribution >= 0.6 is 23.2 Å². The van der Waals surface area contributed by atoms with E-state index in [2.05, 4.69) is 5.32 Å². The van der Waals surface area contributed by atoms with Crippen molar-refractivity contribution in [3.63, 3.8) is 0 Å². The summed E-state index contributed by atoms with van der Waals surface area (Å²) in [5.41, 5.74) is -3.67. The van der Waals surface area contributed by atoms with Crippen LogP contribution in [0, 0.1) is 23.0 Å². The number of halogens is 7. The maximum atomic E-state index is 14.3. The average molecular weight is 583 g/mol. The standard InChI is InChI=1S/C26H17Cl2F5N4O2/c1-25(2)23(38)37(17-5-3-13(11-34)18(10-17)26(31,32)33)24(39)36(25)12-14-7-15(27)8-19(28)22(14)35-21-6-4-16(29)9-20(21)30/h3-10,35H,12H2,1-2H3. The number of benzene rings is 3. The number of carbonyl (C=O) groups excluding carboxylic acids is 2. The van der Waals surface area contributed by atoms with Crippen LogP contribution in [0.4, 0.5) is 43.8 Å². The monoisotopic (exact) mass is 582 g/mol. The Labute approximate surface area is 229 Å². The van der Waals surface area contributed by atoms with Crippen molar-refractivity contribution in [2.75, 3.05) is 10.2 Å². The molecule has 4 rings (SSSR count). The molecule has 1 N–H and O–H groups in total. The number of rotatable bonds is 5. The third-order valence-corrected chi connectivity index (χ3v) is 6.68. The van der Waals surface area contributed by atoms with Crippen molar-refractivity contribution in [2.45, 2.75) is 32.1 Å². The second kappa shape index (κ2) is 10.0. The van der Waals surface area contributed by atoms with Crippen molar-refractivity contribution in [2.24, 2.45) is 0 Å². The molecule has 6 nitrogen and oxygen atoms in total. The highest BCUT2D eigenvalue weighted by atomic mass is 35.5. The van der Waals surface area contributed by atoms with Gasteiger partial charge in [-0.25, -0.2) is 18.5 Å². The summed E-state index contributed by atoms with van der Waals surface area (Å²) in [7, 11) is 0.